The Bertz CT molecular complexity index is 975. The van der Waals surface area contributed by atoms with Gasteiger partial charge >= 0.3 is 0 Å². The van der Waals surface area contributed by atoms with Gasteiger partial charge in [0.15, 0.2) is 0 Å². The highest BCUT2D eigenvalue weighted by Crippen LogP contribution is 2.16. The Morgan fingerprint density at radius 2 is 1.55 bits per heavy atom. The van der Waals surface area contributed by atoms with E-state index in [1.807, 2.05) is 30.3 Å². The number of benzene rings is 3. The summed E-state index contributed by atoms with van der Waals surface area (Å²) in [5.41, 5.74) is 7.13. The summed E-state index contributed by atoms with van der Waals surface area (Å²) in [4.78, 5) is 24.0. The molecule has 0 spiro atoms. The SMILES string of the molecule is NC(=O)[C@@H](Cc1ccc(OCc2ccccc2)cc1)NC(=O)c1ccccc1F. The predicted octanol–water partition coefficient (Wildman–Crippen LogP) is 3.23. The van der Waals surface area contributed by atoms with Gasteiger partial charge in [0.2, 0.25) is 5.91 Å². The third-order valence-corrected chi connectivity index (χ3v) is 4.38. The Kier molecular flexibility index (Phi) is 6.58. The smallest absolute Gasteiger partial charge is 0.254 e. The zero-order valence-corrected chi connectivity index (χ0v) is 15.7. The third kappa shape index (κ3) is 5.65. The number of carbonyl (C=O) groups excluding carboxylic acids is 2. The van der Waals surface area contributed by atoms with Gasteiger partial charge in [-0.3, -0.25) is 9.59 Å². The summed E-state index contributed by atoms with van der Waals surface area (Å²) in [6.07, 6.45) is 0.189. The molecule has 1 atom stereocenters. The van der Waals surface area contributed by atoms with E-state index >= 15 is 0 Å². The molecule has 0 aromatic heterocycles. The molecule has 0 bridgehead atoms. The Labute approximate surface area is 168 Å². The van der Waals surface area contributed by atoms with Crippen molar-refractivity contribution < 1.29 is 18.7 Å². The summed E-state index contributed by atoms with van der Waals surface area (Å²) < 4.78 is 19.5. The molecular weight excluding hydrogens is 371 g/mol. The van der Waals surface area contributed by atoms with E-state index < -0.39 is 23.7 Å². The highest BCUT2D eigenvalue weighted by molar-refractivity contribution is 5.97. The van der Waals surface area contributed by atoms with Crippen LogP contribution in [0.3, 0.4) is 0 Å². The van der Waals surface area contributed by atoms with E-state index in [2.05, 4.69) is 5.32 Å². The predicted molar refractivity (Wildman–Crippen MR) is 108 cm³/mol. The van der Waals surface area contributed by atoms with Crippen LogP contribution in [0.25, 0.3) is 0 Å². The topological polar surface area (TPSA) is 81.4 Å². The van der Waals surface area contributed by atoms with Gasteiger partial charge in [-0.1, -0.05) is 54.6 Å². The number of rotatable bonds is 8. The molecule has 6 heteroatoms. The number of ether oxygens (including phenoxy) is 1. The maximum Gasteiger partial charge on any atom is 0.254 e. The number of amides is 2. The fourth-order valence-corrected chi connectivity index (χ4v) is 2.80. The van der Waals surface area contributed by atoms with E-state index in [-0.39, 0.29) is 12.0 Å². The first kappa shape index (κ1) is 20.1. The van der Waals surface area contributed by atoms with Crippen LogP contribution in [0.4, 0.5) is 4.39 Å². The van der Waals surface area contributed by atoms with Crippen molar-refractivity contribution in [2.75, 3.05) is 0 Å². The van der Waals surface area contributed by atoms with Crippen LogP contribution in [-0.4, -0.2) is 17.9 Å². The van der Waals surface area contributed by atoms with Crippen LogP contribution in [0.15, 0.2) is 78.9 Å². The van der Waals surface area contributed by atoms with Crippen molar-refractivity contribution in [3.05, 3.63) is 101 Å². The monoisotopic (exact) mass is 392 g/mol. The largest absolute Gasteiger partial charge is 0.489 e. The lowest BCUT2D eigenvalue weighted by atomic mass is 10.0. The van der Waals surface area contributed by atoms with Gasteiger partial charge in [-0.15, -0.1) is 0 Å². The Morgan fingerprint density at radius 3 is 2.21 bits per heavy atom. The van der Waals surface area contributed by atoms with Crippen molar-refractivity contribution in [1.29, 1.82) is 0 Å². The minimum absolute atomic E-state index is 0.136. The highest BCUT2D eigenvalue weighted by Gasteiger charge is 2.21. The molecule has 0 radical (unpaired) electrons. The van der Waals surface area contributed by atoms with Crippen molar-refractivity contribution >= 4 is 11.8 Å². The normalized spacial score (nSPS) is 11.5. The van der Waals surface area contributed by atoms with E-state index in [0.29, 0.717) is 12.4 Å². The van der Waals surface area contributed by atoms with E-state index in [9.17, 15) is 14.0 Å². The van der Waals surface area contributed by atoms with Gasteiger partial charge in [-0.2, -0.15) is 0 Å². The lowest BCUT2D eigenvalue weighted by Gasteiger charge is -2.16. The summed E-state index contributed by atoms with van der Waals surface area (Å²) in [5, 5.41) is 2.50. The van der Waals surface area contributed by atoms with Crippen LogP contribution in [0.5, 0.6) is 5.75 Å². The van der Waals surface area contributed by atoms with E-state index in [1.165, 1.54) is 18.2 Å². The fraction of sp³-hybridized carbons (Fsp3) is 0.130. The first-order valence-corrected chi connectivity index (χ1v) is 9.13. The molecule has 3 rings (SSSR count). The van der Waals surface area contributed by atoms with Crippen LogP contribution >= 0.6 is 0 Å². The highest BCUT2D eigenvalue weighted by atomic mass is 19.1. The van der Waals surface area contributed by atoms with Crippen molar-refractivity contribution in [3.8, 4) is 5.75 Å². The Morgan fingerprint density at radius 1 is 0.897 bits per heavy atom. The Hall–Kier alpha value is -3.67. The van der Waals surface area contributed by atoms with Crippen LogP contribution < -0.4 is 15.8 Å². The summed E-state index contributed by atoms with van der Waals surface area (Å²) in [6.45, 7) is 0.447. The second-order valence-electron chi connectivity index (χ2n) is 6.53. The molecule has 29 heavy (non-hydrogen) atoms. The number of halogens is 1. The lowest BCUT2D eigenvalue weighted by molar-refractivity contribution is -0.119. The zero-order chi connectivity index (χ0) is 20.6. The van der Waals surface area contributed by atoms with E-state index in [0.717, 1.165) is 11.1 Å². The quantitative estimate of drug-likeness (QED) is 0.618. The summed E-state index contributed by atoms with van der Waals surface area (Å²) >= 11 is 0. The molecule has 5 nitrogen and oxygen atoms in total. The van der Waals surface area contributed by atoms with Crippen LogP contribution in [-0.2, 0) is 17.8 Å². The van der Waals surface area contributed by atoms with Gasteiger partial charge in [-0.05, 0) is 35.4 Å². The number of hydrogen-bond donors (Lipinski definition) is 2. The van der Waals surface area contributed by atoms with Gasteiger partial charge in [-0.25, -0.2) is 4.39 Å². The number of hydrogen-bond acceptors (Lipinski definition) is 3. The van der Waals surface area contributed by atoms with Crippen molar-refractivity contribution in [1.82, 2.24) is 5.32 Å². The second-order valence-corrected chi connectivity index (χ2v) is 6.53. The molecule has 3 aromatic rings. The summed E-state index contributed by atoms with van der Waals surface area (Å²) in [6, 6.07) is 21.6. The molecule has 0 aliphatic carbocycles. The molecular formula is C23H21FN2O3. The molecule has 3 N–H and O–H groups in total. The van der Waals surface area contributed by atoms with Gasteiger partial charge in [0.05, 0.1) is 5.56 Å². The summed E-state index contributed by atoms with van der Waals surface area (Å²) in [7, 11) is 0. The van der Waals surface area contributed by atoms with Crippen LogP contribution in [0.2, 0.25) is 0 Å². The maximum absolute atomic E-state index is 13.8. The number of nitrogens with one attached hydrogen (secondary N) is 1. The standard InChI is InChI=1S/C23H21FN2O3/c24-20-9-5-4-8-19(20)23(28)26-21(22(25)27)14-16-10-12-18(13-11-16)29-15-17-6-2-1-3-7-17/h1-13,21H,14-15H2,(H2,25,27)(H,26,28)/t21-/m1/s1. The third-order valence-electron chi connectivity index (χ3n) is 4.38. The lowest BCUT2D eigenvalue weighted by Crippen LogP contribution is -2.46. The molecule has 0 fully saturated rings. The van der Waals surface area contributed by atoms with Gasteiger partial charge in [0.25, 0.3) is 5.91 Å². The molecule has 0 heterocycles. The van der Waals surface area contributed by atoms with Crippen molar-refractivity contribution in [2.24, 2.45) is 5.73 Å². The molecule has 0 unspecified atom stereocenters. The van der Waals surface area contributed by atoms with Gasteiger partial charge in [0.1, 0.15) is 24.2 Å². The number of primary amides is 1. The van der Waals surface area contributed by atoms with E-state index in [1.54, 1.807) is 30.3 Å². The first-order valence-electron chi connectivity index (χ1n) is 9.13. The minimum Gasteiger partial charge on any atom is -0.489 e. The molecule has 0 aliphatic heterocycles. The number of carbonyl (C=O) groups is 2. The molecule has 148 valence electrons. The Balaban J connectivity index is 1.61. The molecule has 3 aromatic carbocycles. The average molecular weight is 392 g/mol. The van der Waals surface area contributed by atoms with Crippen LogP contribution in [0.1, 0.15) is 21.5 Å². The van der Waals surface area contributed by atoms with Crippen molar-refractivity contribution in [3.63, 3.8) is 0 Å². The molecule has 0 saturated carbocycles. The van der Waals surface area contributed by atoms with Gasteiger partial charge in [0, 0.05) is 6.42 Å². The molecule has 2 amide bonds. The van der Waals surface area contributed by atoms with E-state index in [4.69, 9.17) is 10.5 Å². The van der Waals surface area contributed by atoms with Gasteiger partial charge < -0.3 is 15.8 Å². The molecule has 0 saturated heterocycles. The van der Waals surface area contributed by atoms with Crippen LogP contribution in [0, 0.1) is 5.82 Å². The minimum atomic E-state index is -0.960. The first-order chi connectivity index (χ1) is 14.0. The second kappa shape index (κ2) is 9.50. The van der Waals surface area contributed by atoms with Crippen molar-refractivity contribution in [2.45, 2.75) is 19.1 Å². The fourth-order valence-electron chi connectivity index (χ4n) is 2.80. The summed E-state index contributed by atoms with van der Waals surface area (Å²) in [5.74, 6) is -1.36. The number of nitrogens with two attached hydrogens (primary N) is 1. The maximum atomic E-state index is 13.8. The average Bonchev–Trinajstić information content (AvgIpc) is 2.73. The molecule has 0 aliphatic rings. The zero-order valence-electron chi connectivity index (χ0n) is 15.7.